The number of halogens is 1. The third-order valence-corrected chi connectivity index (χ3v) is 6.39. The Kier molecular flexibility index (Phi) is 5.52. The standard InChI is InChI=1S/C25H27FN6O/c1-15-11-16(2)28-25(27-15)31-10-9-19(14-31)23-29-17(3)21-7-8-22(33)32(24(21)30-23)13-18-5-4-6-20(26)12-18/h4-6,11-12,19H,7-10,13-14H2,1-3H3/t19-/m1/s1. The van der Waals surface area contributed by atoms with Gasteiger partial charge in [0.15, 0.2) is 0 Å². The number of aromatic nitrogens is 4. The van der Waals surface area contributed by atoms with E-state index in [1.165, 1.54) is 12.1 Å². The summed E-state index contributed by atoms with van der Waals surface area (Å²) in [5, 5.41) is 0. The molecule has 5 rings (SSSR count). The highest BCUT2D eigenvalue weighted by atomic mass is 19.1. The highest BCUT2D eigenvalue weighted by molar-refractivity contribution is 5.95. The van der Waals surface area contributed by atoms with E-state index < -0.39 is 0 Å². The van der Waals surface area contributed by atoms with Gasteiger partial charge in [-0.05, 0) is 57.4 Å². The number of hydrogen-bond acceptors (Lipinski definition) is 6. The van der Waals surface area contributed by atoms with Crippen molar-refractivity contribution in [3.05, 3.63) is 70.2 Å². The zero-order chi connectivity index (χ0) is 23.1. The molecular weight excluding hydrogens is 419 g/mol. The van der Waals surface area contributed by atoms with Gasteiger partial charge in [0.2, 0.25) is 11.9 Å². The van der Waals surface area contributed by atoms with E-state index in [0.717, 1.165) is 59.5 Å². The molecule has 4 heterocycles. The van der Waals surface area contributed by atoms with Gasteiger partial charge in [0.05, 0.1) is 6.54 Å². The zero-order valence-corrected chi connectivity index (χ0v) is 19.2. The molecule has 1 amide bonds. The van der Waals surface area contributed by atoms with Crippen LogP contribution < -0.4 is 9.80 Å². The Hall–Kier alpha value is -3.42. The molecule has 33 heavy (non-hydrogen) atoms. The van der Waals surface area contributed by atoms with E-state index in [2.05, 4.69) is 14.9 Å². The van der Waals surface area contributed by atoms with Gasteiger partial charge < -0.3 is 4.90 Å². The van der Waals surface area contributed by atoms with E-state index in [1.54, 1.807) is 11.0 Å². The van der Waals surface area contributed by atoms with Crippen molar-refractivity contribution < 1.29 is 9.18 Å². The zero-order valence-electron chi connectivity index (χ0n) is 19.2. The molecule has 1 saturated heterocycles. The van der Waals surface area contributed by atoms with Crippen molar-refractivity contribution in [3.63, 3.8) is 0 Å². The van der Waals surface area contributed by atoms with E-state index >= 15 is 0 Å². The molecule has 2 aliphatic heterocycles. The summed E-state index contributed by atoms with van der Waals surface area (Å²) < 4.78 is 13.7. The maximum absolute atomic E-state index is 13.7. The van der Waals surface area contributed by atoms with Gasteiger partial charge in [0.25, 0.3) is 0 Å². The number of anilines is 2. The van der Waals surface area contributed by atoms with Crippen molar-refractivity contribution in [3.8, 4) is 0 Å². The molecule has 2 aromatic heterocycles. The van der Waals surface area contributed by atoms with Crippen LogP contribution in [0.15, 0.2) is 30.3 Å². The average Bonchev–Trinajstić information content (AvgIpc) is 3.25. The van der Waals surface area contributed by atoms with Crippen LogP contribution in [0.5, 0.6) is 0 Å². The summed E-state index contributed by atoms with van der Waals surface area (Å²) in [6.45, 7) is 7.81. The molecule has 0 saturated carbocycles. The molecule has 170 valence electrons. The van der Waals surface area contributed by atoms with Crippen LogP contribution in [0.2, 0.25) is 0 Å². The number of rotatable bonds is 4. The normalized spacial score (nSPS) is 18.1. The molecule has 0 N–H and O–H groups in total. The van der Waals surface area contributed by atoms with Crippen LogP contribution in [-0.2, 0) is 17.8 Å². The third-order valence-electron chi connectivity index (χ3n) is 6.39. The lowest BCUT2D eigenvalue weighted by atomic mass is 10.0. The number of hydrogen-bond donors (Lipinski definition) is 0. The van der Waals surface area contributed by atoms with Crippen LogP contribution in [0.25, 0.3) is 0 Å². The second-order valence-electron chi connectivity index (χ2n) is 8.96. The van der Waals surface area contributed by atoms with Crippen molar-refractivity contribution in [2.45, 2.75) is 52.5 Å². The van der Waals surface area contributed by atoms with E-state index in [0.29, 0.717) is 25.2 Å². The summed E-state index contributed by atoms with van der Waals surface area (Å²) in [4.78, 5) is 35.6. The maximum atomic E-state index is 13.7. The van der Waals surface area contributed by atoms with Crippen molar-refractivity contribution in [1.29, 1.82) is 0 Å². The lowest BCUT2D eigenvalue weighted by Crippen LogP contribution is -2.36. The van der Waals surface area contributed by atoms with Crippen molar-refractivity contribution in [2.75, 3.05) is 22.9 Å². The maximum Gasteiger partial charge on any atom is 0.228 e. The number of nitrogens with zero attached hydrogens (tertiary/aromatic N) is 6. The Morgan fingerprint density at radius 3 is 2.58 bits per heavy atom. The number of amides is 1. The van der Waals surface area contributed by atoms with Gasteiger partial charge in [0.1, 0.15) is 17.5 Å². The first-order valence-corrected chi connectivity index (χ1v) is 11.4. The first-order valence-electron chi connectivity index (χ1n) is 11.4. The average molecular weight is 447 g/mol. The summed E-state index contributed by atoms with van der Waals surface area (Å²) >= 11 is 0. The molecule has 1 fully saturated rings. The molecule has 3 aromatic rings. The molecular formula is C25H27FN6O. The summed E-state index contributed by atoms with van der Waals surface area (Å²) in [5.41, 5.74) is 4.56. The Morgan fingerprint density at radius 2 is 1.82 bits per heavy atom. The van der Waals surface area contributed by atoms with Crippen LogP contribution in [0.1, 0.15) is 52.8 Å². The van der Waals surface area contributed by atoms with Gasteiger partial charge in [-0.2, -0.15) is 0 Å². The van der Waals surface area contributed by atoms with E-state index in [9.17, 15) is 9.18 Å². The van der Waals surface area contributed by atoms with Crippen LogP contribution in [0.3, 0.4) is 0 Å². The molecule has 0 bridgehead atoms. The predicted molar refractivity (Wildman–Crippen MR) is 124 cm³/mol. The SMILES string of the molecule is Cc1cc(C)nc(N2CC[C@@H](c3nc(C)c4c(n3)N(Cc3cccc(F)c3)C(=O)CC4)C2)n1. The van der Waals surface area contributed by atoms with E-state index in [-0.39, 0.29) is 17.6 Å². The molecule has 2 aliphatic rings. The molecule has 0 spiro atoms. The number of fused-ring (bicyclic) bond motifs is 1. The van der Waals surface area contributed by atoms with Gasteiger partial charge in [-0.25, -0.2) is 24.3 Å². The van der Waals surface area contributed by atoms with Gasteiger partial charge in [-0.3, -0.25) is 9.69 Å². The summed E-state index contributed by atoms with van der Waals surface area (Å²) in [7, 11) is 0. The van der Waals surface area contributed by atoms with Crippen LogP contribution >= 0.6 is 0 Å². The second kappa shape index (κ2) is 8.50. The minimum atomic E-state index is -0.309. The largest absolute Gasteiger partial charge is 0.340 e. The molecule has 0 unspecified atom stereocenters. The first kappa shape index (κ1) is 21.4. The highest BCUT2D eigenvalue weighted by Crippen LogP contribution is 2.33. The fourth-order valence-electron chi connectivity index (χ4n) is 4.77. The number of carbonyl (C=O) groups is 1. The molecule has 7 nitrogen and oxygen atoms in total. The van der Waals surface area contributed by atoms with Gasteiger partial charge in [0, 0.05) is 48.1 Å². The Bertz CT molecular complexity index is 1210. The van der Waals surface area contributed by atoms with Crippen molar-refractivity contribution >= 4 is 17.7 Å². The van der Waals surface area contributed by atoms with Crippen molar-refractivity contribution in [2.24, 2.45) is 0 Å². The topological polar surface area (TPSA) is 75.1 Å². The summed E-state index contributed by atoms with van der Waals surface area (Å²) in [5.74, 6) is 1.99. The predicted octanol–water partition coefficient (Wildman–Crippen LogP) is 3.80. The smallest absolute Gasteiger partial charge is 0.228 e. The second-order valence-corrected chi connectivity index (χ2v) is 8.96. The Balaban J connectivity index is 1.44. The van der Waals surface area contributed by atoms with Crippen molar-refractivity contribution in [1.82, 2.24) is 19.9 Å². The molecule has 1 atom stereocenters. The van der Waals surface area contributed by atoms with Crippen LogP contribution in [0, 0.1) is 26.6 Å². The summed E-state index contributed by atoms with van der Waals surface area (Å²) in [6, 6.07) is 8.34. The molecule has 0 aliphatic carbocycles. The first-order chi connectivity index (χ1) is 15.9. The fourth-order valence-corrected chi connectivity index (χ4v) is 4.77. The lowest BCUT2D eigenvalue weighted by molar-refractivity contribution is -0.119. The van der Waals surface area contributed by atoms with E-state index in [1.807, 2.05) is 32.9 Å². The van der Waals surface area contributed by atoms with Gasteiger partial charge >= 0.3 is 0 Å². The number of benzene rings is 1. The Morgan fingerprint density at radius 1 is 1.03 bits per heavy atom. The monoisotopic (exact) mass is 446 g/mol. The number of carbonyl (C=O) groups excluding carboxylic acids is 1. The molecule has 8 heteroatoms. The third kappa shape index (κ3) is 4.29. The fraction of sp³-hybridized carbons (Fsp3) is 0.400. The quantitative estimate of drug-likeness (QED) is 0.607. The summed E-state index contributed by atoms with van der Waals surface area (Å²) in [6.07, 6.45) is 1.94. The number of aryl methyl sites for hydroxylation is 3. The lowest BCUT2D eigenvalue weighted by Gasteiger charge is -2.30. The minimum absolute atomic E-state index is 0.00694. The Labute approximate surface area is 192 Å². The highest BCUT2D eigenvalue weighted by Gasteiger charge is 2.32. The van der Waals surface area contributed by atoms with E-state index in [4.69, 9.17) is 9.97 Å². The van der Waals surface area contributed by atoms with Gasteiger partial charge in [-0.1, -0.05) is 12.1 Å². The van der Waals surface area contributed by atoms with Gasteiger partial charge in [-0.15, -0.1) is 0 Å². The van der Waals surface area contributed by atoms with Crippen LogP contribution in [0.4, 0.5) is 16.2 Å². The minimum Gasteiger partial charge on any atom is -0.340 e. The molecule has 1 aromatic carbocycles. The molecule has 0 radical (unpaired) electrons. The van der Waals surface area contributed by atoms with Crippen LogP contribution in [-0.4, -0.2) is 38.9 Å².